The van der Waals surface area contributed by atoms with Gasteiger partial charge in [-0.05, 0) is 66.2 Å². The van der Waals surface area contributed by atoms with Crippen LogP contribution in [0, 0.1) is 5.92 Å². The lowest BCUT2D eigenvalue weighted by Gasteiger charge is -2.29. The maximum Gasteiger partial charge on any atom is 0.266 e. The molecule has 2 aliphatic heterocycles. The number of hydrogen-bond acceptors (Lipinski definition) is 6. The third kappa shape index (κ3) is 3.67. The van der Waals surface area contributed by atoms with Crippen LogP contribution < -0.4 is 19.6 Å². The van der Waals surface area contributed by atoms with E-state index < -0.39 is 18.1 Å². The van der Waals surface area contributed by atoms with Crippen molar-refractivity contribution >= 4 is 40.5 Å². The van der Waals surface area contributed by atoms with Gasteiger partial charge in [0.25, 0.3) is 5.91 Å². The molecule has 0 saturated carbocycles. The van der Waals surface area contributed by atoms with Gasteiger partial charge in [0.1, 0.15) is 11.7 Å². The lowest BCUT2D eigenvalue weighted by molar-refractivity contribution is -0.126. The molecule has 2 saturated heterocycles. The molecule has 0 unspecified atom stereocenters. The number of hydroxylamine groups is 1. The van der Waals surface area contributed by atoms with Crippen LogP contribution in [0.5, 0.6) is 5.75 Å². The second kappa shape index (κ2) is 8.66. The van der Waals surface area contributed by atoms with Gasteiger partial charge in [-0.15, -0.1) is 0 Å². The van der Waals surface area contributed by atoms with E-state index in [0.29, 0.717) is 16.5 Å². The number of rotatable bonds is 5. The minimum absolute atomic E-state index is 0.293. The molecule has 34 heavy (non-hydrogen) atoms. The van der Waals surface area contributed by atoms with Crippen LogP contribution in [0.2, 0.25) is 5.02 Å². The maximum absolute atomic E-state index is 13.7. The molecule has 8 heteroatoms. The predicted octanol–water partition coefficient (Wildman–Crippen LogP) is 4.47. The zero-order chi connectivity index (χ0) is 24.0. The summed E-state index contributed by atoms with van der Waals surface area (Å²) in [6.07, 6.45) is -0.927. The second-order valence-electron chi connectivity index (χ2n) is 8.49. The monoisotopic (exact) mass is 477 g/mol. The molecule has 2 fully saturated rings. The minimum Gasteiger partial charge on any atom is -0.497 e. The third-order valence-corrected chi connectivity index (χ3v) is 6.53. The maximum atomic E-state index is 13.7. The Morgan fingerprint density at radius 1 is 0.853 bits per heavy atom. The van der Waals surface area contributed by atoms with Crippen LogP contribution in [-0.2, 0) is 14.4 Å². The summed E-state index contributed by atoms with van der Waals surface area (Å²) >= 11 is 6.08. The summed E-state index contributed by atoms with van der Waals surface area (Å²) in [7, 11) is 5.50. The first kappa shape index (κ1) is 22.3. The Kier molecular flexibility index (Phi) is 5.67. The van der Waals surface area contributed by atoms with Crippen LogP contribution in [0.1, 0.15) is 11.6 Å². The standard InChI is InChI=1S/C26H24ClN3O4/c1-28(2)18-8-4-16(5-9-18)23-22-24(34-30(23)20-10-6-17(27)7-11-20)26(32)29(25(22)31)19-12-14-21(33-3)15-13-19/h4-15,22-24H,1-3H3/t22-,23-,24+/m1/s1. The Morgan fingerprint density at radius 3 is 2.06 bits per heavy atom. The van der Waals surface area contributed by atoms with E-state index in [1.165, 1.54) is 4.90 Å². The third-order valence-electron chi connectivity index (χ3n) is 6.28. The Morgan fingerprint density at radius 2 is 1.47 bits per heavy atom. The highest BCUT2D eigenvalue weighted by Gasteiger charge is 2.60. The number of nitrogens with zero attached hydrogens (tertiary/aromatic N) is 3. The fourth-order valence-corrected chi connectivity index (χ4v) is 4.65. The molecule has 5 rings (SSSR count). The van der Waals surface area contributed by atoms with Crippen LogP contribution in [0.25, 0.3) is 0 Å². The average Bonchev–Trinajstić information content (AvgIpc) is 3.35. The number of benzene rings is 3. The summed E-state index contributed by atoms with van der Waals surface area (Å²) in [5, 5.41) is 2.25. The number of carbonyl (C=O) groups excluding carboxylic acids is 2. The number of halogens is 1. The molecule has 174 valence electrons. The quantitative estimate of drug-likeness (QED) is 0.505. The number of amides is 2. The lowest BCUT2D eigenvalue weighted by Crippen LogP contribution is -2.37. The minimum atomic E-state index is -0.927. The second-order valence-corrected chi connectivity index (χ2v) is 8.93. The summed E-state index contributed by atoms with van der Waals surface area (Å²) < 4.78 is 5.20. The summed E-state index contributed by atoms with van der Waals surface area (Å²) in [6, 6.07) is 21.5. The summed E-state index contributed by atoms with van der Waals surface area (Å²) in [5.41, 5.74) is 3.13. The van der Waals surface area contributed by atoms with E-state index in [2.05, 4.69) is 0 Å². The van der Waals surface area contributed by atoms with Crippen LogP contribution >= 0.6 is 11.6 Å². The number of fused-ring (bicyclic) bond motifs is 1. The largest absolute Gasteiger partial charge is 0.497 e. The molecule has 3 aromatic rings. The van der Waals surface area contributed by atoms with Gasteiger partial charge >= 0.3 is 0 Å². The SMILES string of the molecule is COc1ccc(N2C(=O)[C@H]3[C@H](ON(c4ccc(Cl)cc4)[C@@H]3c3ccc(N(C)C)cc3)C2=O)cc1. The Labute approximate surface area is 203 Å². The normalized spacial score (nSPS) is 21.7. The van der Waals surface area contributed by atoms with Gasteiger partial charge in [0, 0.05) is 24.8 Å². The number of ether oxygens (including phenoxy) is 1. The Hall–Kier alpha value is -3.55. The molecule has 3 atom stereocenters. The first-order valence-electron chi connectivity index (χ1n) is 10.9. The van der Waals surface area contributed by atoms with E-state index in [9.17, 15) is 9.59 Å². The fraction of sp³-hybridized carbons (Fsp3) is 0.231. The van der Waals surface area contributed by atoms with Gasteiger partial charge < -0.3 is 9.64 Å². The zero-order valence-corrected chi connectivity index (χ0v) is 19.8. The van der Waals surface area contributed by atoms with Crippen molar-refractivity contribution < 1.29 is 19.2 Å². The van der Waals surface area contributed by atoms with Crippen LogP contribution in [0.15, 0.2) is 72.8 Å². The van der Waals surface area contributed by atoms with E-state index in [4.69, 9.17) is 21.2 Å². The number of methoxy groups -OCH3 is 1. The first-order valence-corrected chi connectivity index (χ1v) is 11.3. The van der Waals surface area contributed by atoms with Gasteiger partial charge in [-0.3, -0.25) is 14.4 Å². The molecule has 2 amide bonds. The van der Waals surface area contributed by atoms with E-state index in [1.807, 2.05) is 55.4 Å². The topological polar surface area (TPSA) is 62.3 Å². The number of carbonyl (C=O) groups is 2. The van der Waals surface area contributed by atoms with Crippen molar-refractivity contribution in [1.82, 2.24) is 0 Å². The van der Waals surface area contributed by atoms with Crippen molar-refractivity contribution in [1.29, 1.82) is 0 Å². The van der Waals surface area contributed by atoms with Gasteiger partial charge in [0.2, 0.25) is 5.91 Å². The van der Waals surface area contributed by atoms with E-state index in [1.54, 1.807) is 48.6 Å². The van der Waals surface area contributed by atoms with Crippen molar-refractivity contribution in [3.05, 3.63) is 83.4 Å². The smallest absolute Gasteiger partial charge is 0.266 e. The molecular formula is C26H24ClN3O4. The summed E-state index contributed by atoms with van der Waals surface area (Å²) in [5.74, 6) is -0.729. The van der Waals surface area contributed by atoms with E-state index in [-0.39, 0.29) is 11.8 Å². The Bertz CT molecular complexity index is 1210. The van der Waals surface area contributed by atoms with Crippen LogP contribution in [-0.4, -0.2) is 39.1 Å². The van der Waals surface area contributed by atoms with Gasteiger partial charge in [0.05, 0.1) is 24.5 Å². The van der Waals surface area contributed by atoms with Crippen molar-refractivity contribution in [2.24, 2.45) is 5.92 Å². The first-order chi connectivity index (χ1) is 16.4. The van der Waals surface area contributed by atoms with Gasteiger partial charge in [0.15, 0.2) is 6.10 Å². The molecular weight excluding hydrogens is 454 g/mol. The van der Waals surface area contributed by atoms with Crippen molar-refractivity contribution in [3.63, 3.8) is 0 Å². The van der Waals surface area contributed by atoms with Crippen molar-refractivity contribution in [2.75, 3.05) is 36.1 Å². The van der Waals surface area contributed by atoms with Crippen molar-refractivity contribution in [3.8, 4) is 5.75 Å². The molecule has 0 aliphatic carbocycles. The van der Waals surface area contributed by atoms with E-state index in [0.717, 1.165) is 16.9 Å². The predicted molar refractivity (Wildman–Crippen MR) is 131 cm³/mol. The van der Waals surface area contributed by atoms with E-state index >= 15 is 0 Å². The number of anilines is 3. The molecule has 2 aliphatic rings. The van der Waals surface area contributed by atoms with Crippen LogP contribution in [0.4, 0.5) is 17.1 Å². The number of imide groups is 1. The average molecular weight is 478 g/mol. The highest BCUT2D eigenvalue weighted by Crippen LogP contribution is 2.48. The zero-order valence-electron chi connectivity index (χ0n) is 19.0. The molecule has 2 heterocycles. The highest BCUT2D eigenvalue weighted by atomic mass is 35.5. The fourth-order valence-electron chi connectivity index (χ4n) is 4.52. The molecule has 0 aromatic heterocycles. The van der Waals surface area contributed by atoms with Gasteiger partial charge in [-0.2, -0.15) is 0 Å². The highest BCUT2D eigenvalue weighted by molar-refractivity contribution is 6.30. The molecule has 0 radical (unpaired) electrons. The molecule has 0 bridgehead atoms. The summed E-state index contributed by atoms with van der Waals surface area (Å²) in [6.45, 7) is 0. The van der Waals surface area contributed by atoms with Gasteiger partial charge in [-0.1, -0.05) is 23.7 Å². The lowest BCUT2D eigenvalue weighted by atomic mass is 9.90. The molecule has 7 nitrogen and oxygen atoms in total. The number of hydrogen-bond donors (Lipinski definition) is 0. The van der Waals surface area contributed by atoms with Crippen LogP contribution in [0.3, 0.4) is 0 Å². The van der Waals surface area contributed by atoms with Crippen molar-refractivity contribution in [2.45, 2.75) is 12.1 Å². The molecule has 0 spiro atoms. The van der Waals surface area contributed by atoms with Gasteiger partial charge in [-0.25, -0.2) is 9.96 Å². The molecule has 3 aromatic carbocycles. The Balaban J connectivity index is 1.55. The summed E-state index contributed by atoms with van der Waals surface area (Å²) in [4.78, 5) is 36.5. The molecule has 0 N–H and O–H groups in total.